The van der Waals surface area contributed by atoms with Gasteiger partial charge in [-0.25, -0.2) is 9.59 Å². The third-order valence-electron chi connectivity index (χ3n) is 6.09. The molecule has 2 aromatic carbocycles. The van der Waals surface area contributed by atoms with Gasteiger partial charge in [-0.1, -0.05) is 71.0 Å². The van der Waals surface area contributed by atoms with E-state index in [4.69, 9.17) is 9.47 Å². The summed E-state index contributed by atoms with van der Waals surface area (Å²) >= 11 is 0. The molecule has 0 saturated carbocycles. The molecule has 0 saturated heterocycles. The van der Waals surface area contributed by atoms with Crippen molar-refractivity contribution in [3.8, 4) is 0 Å². The van der Waals surface area contributed by atoms with Crippen LogP contribution in [0.15, 0.2) is 60.7 Å². The first kappa shape index (κ1) is 26.6. The number of benzene rings is 2. The lowest BCUT2D eigenvalue weighted by atomic mass is 9.74. The Kier molecular flexibility index (Phi) is 10.6. The summed E-state index contributed by atoms with van der Waals surface area (Å²) < 4.78 is 12.0. The second-order valence-corrected chi connectivity index (χ2v) is 9.78. The van der Waals surface area contributed by atoms with Gasteiger partial charge in [-0.3, -0.25) is 0 Å². The molecule has 4 atom stereocenters. The van der Waals surface area contributed by atoms with Gasteiger partial charge in [0.25, 0.3) is 0 Å². The number of hydrogen-bond acceptors (Lipinski definition) is 4. The molecule has 33 heavy (non-hydrogen) atoms. The predicted molar refractivity (Wildman–Crippen MR) is 133 cm³/mol. The fourth-order valence-corrected chi connectivity index (χ4v) is 4.56. The highest BCUT2D eigenvalue weighted by Gasteiger charge is 2.37. The highest BCUT2D eigenvalue weighted by molar-refractivity contribution is 5.89. The maximum atomic E-state index is 12.9. The fraction of sp³-hybridized carbons (Fsp3) is 0.517. The number of ether oxygens (including phenoxy) is 2. The van der Waals surface area contributed by atoms with Crippen molar-refractivity contribution in [2.75, 3.05) is 0 Å². The van der Waals surface area contributed by atoms with Crippen LogP contribution in [0.1, 0.15) is 81.5 Å². The summed E-state index contributed by atoms with van der Waals surface area (Å²) in [6, 6.07) is 18.2. The summed E-state index contributed by atoms with van der Waals surface area (Å²) in [6.07, 6.45) is 1.95. The summed E-state index contributed by atoms with van der Waals surface area (Å²) in [4.78, 5) is 25.7. The van der Waals surface area contributed by atoms with Crippen molar-refractivity contribution in [3.63, 3.8) is 0 Å². The van der Waals surface area contributed by atoms with E-state index in [0.29, 0.717) is 29.4 Å². The molecular weight excluding hydrogens is 412 g/mol. The molecule has 0 amide bonds. The summed E-state index contributed by atoms with van der Waals surface area (Å²) in [7, 11) is 0. The van der Waals surface area contributed by atoms with Crippen LogP contribution in [0.4, 0.5) is 0 Å². The van der Waals surface area contributed by atoms with Crippen molar-refractivity contribution in [2.45, 2.75) is 73.0 Å². The molecule has 4 unspecified atom stereocenters. The minimum absolute atomic E-state index is 0.0774. The standard InChI is InChI=1S/C29H40O4/c1-7-27(33-29(31)24-16-12-9-13-17-24)26(19-21(4)5)25(18-20(2)3)22(6)32-28(30)23-14-10-8-11-15-23/h8-17,20-22,25-27H,7,18-19H2,1-6H3. The molecular formula is C29H40O4. The predicted octanol–water partition coefficient (Wildman–Crippen LogP) is 7.19. The van der Waals surface area contributed by atoms with Gasteiger partial charge in [0.05, 0.1) is 11.1 Å². The van der Waals surface area contributed by atoms with E-state index in [1.165, 1.54) is 0 Å². The molecule has 2 rings (SSSR count). The number of rotatable bonds is 12. The molecule has 4 nitrogen and oxygen atoms in total. The van der Waals surface area contributed by atoms with Gasteiger partial charge in [-0.05, 0) is 62.3 Å². The molecule has 0 aliphatic heterocycles. The molecule has 0 aromatic heterocycles. The van der Waals surface area contributed by atoms with Crippen molar-refractivity contribution in [3.05, 3.63) is 71.8 Å². The molecule has 0 bridgehead atoms. The fourth-order valence-electron chi connectivity index (χ4n) is 4.56. The molecule has 0 aliphatic carbocycles. The van der Waals surface area contributed by atoms with Gasteiger partial charge in [-0.2, -0.15) is 0 Å². The summed E-state index contributed by atoms with van der Waals surface area (Å²) in [5.74, 6) is 0.399. The van der Waals surface area contributed by atoms with Crippen LogP contribution in [0.3, 0.4) is 0 Å². The highest BCUT2D eigenvalue weighted by Crippen LogP contribution is 2.36. The van der Waals surface area contributed by atoms with Crippen LogP contribution >= 0.6 is 0 Å². The third kappa shape index (κ3) is 8.34. The Morgan fingerprint density at radius 1 is 0.667 bits per heavy atom. The first-order valence-corrected chi connectivity index (χ1v) is 12.2. The van der Waals surface area contributed by atoms with Gasteiger partial charge in [0, 0.05) is 11.8 Å². The molecule has 0 aliphatic rings. The average Bonchev–Trinajstić information content (AvgIpc) is 2.80. The normalized spacial score (nSPS) is 15.0. The van der Waals surface area contributed by atoms with Crippen LogP contribution in [-0.4, -0.2) is 24.1 Å². The summed E-state index contributed by atoms with van der Waals surface area (Å²) in [6.45, 7) is 12.8. The van der Waals surface area contributed by atoms with Crippen LogP contribution in [0.2, 0.25) is 0 Å². The van der Waals surface area contributed by atoms with E-state index in [2.05, 4.69) is 34.6 Å². The Labute approximate surface area is 199 Å². The number of esters is 2. The van der Waals surface area contributed by atoms with Gasteiger partial charge in [-0.15, -0.1) is 0 Å². The monoisotopic (exact) mass is 452 g/mol. The second-order valence-electron chi connectivity index (χ2n) is 9.78. The lowest BCUT2D eigenvalue weighted by molar-refractivity contribution is -0.0393. The molecule has 0 fully saturated rings. The zero-order valence-electron chi connectivity index (χ0n) is 21.0. The molecule has 180 valence electrons. The van der Waals surface area contributed by atoms with E-state index in [9.17, 15) is 9.59 Å². The maximum Gasteiger partial charge on any atom is 0.338 e. The van der Waals surface area contributed by atoms with E-state index in [0.717, 1.165) is 12.8 Å². The number of carbonyl (C=O) groups excluding carboxylic acids is 2. The van der Waals surface area contributed by atoms with Gasteiger partial charge < -0.3 is 9.47 Å². The lowest BCUT2D eigenvalue weighted by Crippen LogP contribution is -2.40. The van der Waals surface area contributed by atoms with E-state index in [-0.39, 0.29) is 36.0 Å². The highest BCUT2D eigenvalue weighted by atomic mass is 16.5. The Morgan fingerprint density at radius 3 is 1.52 bits per heavy atom. The minimum atomic E-state index is -0.311. The van der Waals surface area contributed by atoms with E-state index in [1.807, 2.05) is 43.3 Å². The van der Waals surface area contributed by atoms with Gasteiger partial charge in [0.15, 0.2) is 0 Å². The van der Waals surface area contributed by atoms with Crippen LogP contribution in [0.25, 0.3) is 0 Å². The topological polar surface area (TPSA) is 52.6 Å². The first-order chi connectivity index (χ1) is 15.7. The van der Waals surface area contributed by atoms with Crippen molar-refractivity contribution in [1.29, 1.82) is 0 Å². The Morgan fingerprint density at radius 2 is 1.09 bits per heavy atom. The molecule has 0 radical (unpaired) electrons. The minimum Gasteiger partial charge on any atom is -0.459 e. The van der Waals surface area contributed by atoms with Crippen molar-refractivity contribution in [1.82, 2.24) is 0 Å². The van der Waals surface area contributed by atoms with Crippen LogP contribution in [-0.2, 0) is 9.47 Å². The van der Waals surface area contributed by atoms with Gasteiger partial charge >= 0.3 is 11.9 Å². The van der Waals surface area contributed by atoms with Crippen molar-refractivity contribution < 1.29 is 19.1 Å². The van der Waals surface area contributed by atoms with Gasteiger partial charge in [0.1, 0.15) is 12.2 Å². The first-order valence-electron chi connectivity index (χ1n) is 12.2. The zero-order valence-corrected chi connectivity index (χ0v) is 21.0. The molecule has 4 heteroatoms. The quantitative estimate of drug-likeness (QED) is 0.320. The summed E-state index contributed by atoms with van der Waals surface area (Å²) in [5.41, 5.74) is 1.11. The van der Waals surface area contributed by atoms with Crippen molar-refractivity contribution in [2.24, 2.45) is 23.7 Å². The smallest absolute Gasteiger partial charge is 0.338 e. The Hall–Kier alpha value is -2.62. The molecule has 0 heterocycles. The zero-order chi connectivity index (χ0) is 24.4. The number of carbonyl (C=O) groups is 2. The second kappa shape index (κ2) is 13.2. The third-order valence-corrected chi connectivity index (χ3v) is 6.09. The SMILES string of the molecule is CCC(OC(=O)c1ccccc1)C(CC(C)C)C(CC(C)C)C(C)OC(=O)c1ccccc1. The van der Waals surface area contributed by atoms with Crippen molar-refractivity contribution >= 4 is 11.9 Å². The van der Waals surface area contributed by atoms with E-state index < -0.39 is 0 Å². The molecule has 0 spiro atoms. The number of hydrogen-bond donors (Lipinski definition) is 0. The Balaban J connectivity index is 2.28. The Bertz CT molecular complexity index is 844. The van der Waals surface area contributed by atoms with E-state index >= 15 is 0 Å². The van der Waals surface area contributed by atoms with Crippen LogP contribution in [0, 0.1) is 23.7 Å². The van der Waals surface area contributed by atoms with Gasteiger partial charge in [0.2, 0.25) is 0 Å². The summed E-state index contributed by atoms with van der Waals surface area (Å²) in [5, 5.41) is 0. The largest absolute Gasteiger partial charge is 0.459 e. The van der Waals surface area contributed by atoms with E-state index in [1.54, 1.807) is 24.3 Å². The lowest BCUT2D eigenvalue weighted by Gasteiger charge is -2.38. The molecule has 0 N–H and O–H groups in total. The van der Waals surface area contributed by atoms with Crippen LogP contribution in [0.5, 0.6) is 0 Å². The maximum absolute atomic E-state index is 12.9. The average molecular weight is 453 g/mol. The van der Waals surface area contributed by atoms with Crippen LogP contribution < -0.4 is 0 Å². The molecule has 2 aromatic rings.